The highest BCUT2D eigenvalue weighted by atomic mass is 16.4. The van der Waals surface area contributed by atoms with Crippen molar-refractivity contribution in [3.05, 3.63) is 0 Å². The minimum Gasteiger partial charge on any atom is -0.481 e. The van der Waals surface area contributed by atoms with Crippen LogP contribution in [0.2, 0.25) is 0 Å². The number of nitrogens with two attached hydrogens (primary N) is 1. The average Bonchev–Trinajstić information content (AvgIpc) is 2.10. The van der Waals surface area contributed by atoms with E-state index in [0.29, 0.717) is 26.2 Å². The molecule has 0 aromatic rings. The Morgan fingerprint density at radius 2 is 2.13 bits per heavy atom. The van der Waals surface area contributed by atoms with Crippen molar-refractivity contribution in [3.8, 4) is 0 Å². The van der Waals surface area contributed by atoms with Gasteiger partial charge in [0.05, 0.1) is 6.42 Å². The van der Waals surface area contributed by atoms with Crippen LogP contribution in [-0.2, 0) is 4.79 Å². The summed E-state index contributed by atoms with van der Waals surface area (Å²) in [7, 11) is 0. The SMILES string of the molecule is NCCCNC(=O)N1CC(CC(=O)O)C1. The van der Waals surface area contributed by atoms with Gasteiger partial charge in [-0.15, -0.1) is 0 Å². The fourth-order valence-electron chi connectivity index (χ4n) is 1.52. The normalized spacial score (nSPS) is 15.9. The smallest absolute Gasteiger partial charge is 0.317 e. The van der Waals surface area contributed by atoms with Crippen molar-refractivity contribution < 1.29 is 14.7 Å². The molecule has 0 aromatic carbocycles. The zero-order valence-electron chi connectivity index (χ0n) is 8.61. The van der Waals surface area contributed by atoms with Crippen molar-refractivity contribution in [2.24, 2.45) is 11.7 Å². The fourth-order valence-corrected chi connectivity index (χ4v) is 1.52. The van der Waals surface area contributed by atoms with Gasteiger partial charge < -0.3 is 21.1 Å². The van der Waals surface area contributed by atoms with E-state index >= 15 is 0 Å². The Balaban J connectivity index is 2.09. The third-order valence-electron chi connectivity index (χ3n) is 2.36. The van der Waals surface area contributed by atoms with Crippen LogP contribution in [0.15, 0.2) is 0 Å². The molecule has 86 valence electrons. The molecule has 1 heterocycles. The average molecular weight is 215 g/mol. The number of carbonyl (C=O) groups excluding carboxylic acids is 1. The summed E-state index contributed by atoms with van der Waals surface area (Å²) in [6, 6.07) is -0.120. The number of aliphatic carboxylic acids is 1. The van der Waals surface area contributed by atoms with E-state index < -0.39 is 5.97 Å². The molecular formula is C9H17N3O3. The van der Waals surface area contributed by atoms with Crippen LogP contribution in [0, 0.1) is 5.92 Å². The van der Waals surface area contributed by atoms with Gasteiger partial charge in [-0.25, -0.2) is 4.79 Å². The Kier molecular flexibility index (Phi) is 4.36. The number of urea groups is 1. The molecule has 0 aliphatic carbocycles. The third kappa shape index (κ3) is 3.75. The monoisotopic (exact) mass is 215 g/mol. The van der Waals surface area contributed by atoms with Gasteiger partial charge in [0.2, 0.25) is 0 Å². The maximum Gasteiger partial charge on any atom is 0.317 e. The number of carboxylic acid groups (broad SMARTS) is 1. The zero-order chi connectivity index (χ0) is 11.3. The summed E-state index contributed by atoms with van der Waals surface area (Å²) in [6.07, 6.45) is 0.907. The summed E-state index contributed by atoms with van der Waals surface area (Å²) in [5.74, 6) is -0.689. The molecule has 1 aliphatic heterocycles. The number of amides is 2. The molecule has 0 radical (unpaired) electrons. The lowest BCUT2D eigenvalue weighted by molar-refractivity contribution is -0.139. The minimum absolute atomic E-state index is 0.114. The zero-order valence-corrected chi connectivity index (χ0v) is 8.61. The number of hydrogen-bond donors (Lipinski definition) is 3. The largest absolute Gasteiger partial charge is 0.481 e. The molecule has 0 atom stereocenters. The van der Waals surface area contributed by atoms with Gasteiger partial charge in [0.1, 0.15) is 0 Å². The maximum absolute atomic E-state index is 11.4. The number of nitrogens with zero attached hydrogens (tertiary/aromatic N) is 1. The van der Waals surface area contributed by atoms with Crippen molar-refractivity contribution in [1.82, 2.24) is 10.2 Å². The van der Waals surface area contributed by atoms with E-state index in [0.717, 1.165) is 6.42 Å². The van der Waals surface area contributed by atoms with Crippen molar-refractivity contribution in [3.63, 3.8) is 0 Å². The second-order valence-electron chi connectivity index (χ2n) is 3.74. The van der Waals surface area contributed by atoms with Gasteiger partial charge in [0.15, 0.2) is 0 Å². The second kappa shape index (κ2) is 5.55. The number of nitrogens with one attached hydrogen (secondary N) is 1. The van der Waals surface area contributed by atoms with Gasteiger partial charge >= 0.3 is 12.0 Å². The second-order valence-corrected chi connectivity index (χ2v) is 3.74. The molecule has 15 heavy (non-hydrogen) atoms. The van der Waals surface area contributed by atoms with Crippen LogP contribution < -0.4 is 11.1 Å². The Bertz CT molecular complexity index is 239. The lowest BCUT2D eigenvalue weighted by Crippen LogP contribution is -2.54. The Hall–Kier alpha value is -1.30. The molecule has 6 nitrogen and oxygen atoms in total. The van der Waals surface area contributed by atoms with E-state index in [2.05, 4.69) is 5.32 Å². The molecule has 0 bridgehead atoms. The lowest BCUT2D eigenvalue weighted by atomic mass is 9.97. The summed E-state index contributed by atoms with van der Waals surface area (Å²) in [4.78, 5) is 23.3. The standard InChI is InChI=1S/C9H17N3O3/c10-2-1-3-11-9(15)12-5-7(6-12)4-8(13)14/h7H,1-6,10H2,(H,11,15)(H,13,14). The van der Waals surface area contributed by atoms with Crippen molar-refractivity contribution in [1.29, 1.82) is 0 Å². The molecular weight excluding hydrogens is 198 g/mol. The highest BCUT2D eigenvalue weighted by Crippen LogP contribution is 2.18. The number of likely N-dealkylation sites (tertiary alicyclic amines) is 1. The van der Waals surface area contributed by atoms with Crippen LogP contribution in [0.4, 0.5) is 4.79 Å². The first kappa shape index (κ1) is 11.8. The molecule has 0 saturated carbocycles. The quantitative estimate of drug-likeness (QED) is 0.536. The van der Waals surface area contributed by atoms with Gasteiger partial charge in [-0.1, -0.05) is 0 Å². The molecule has 0 aromatic heterocycles. The van der Waals surface area contributed by atoms with Crippen LogP contribution in [0.3, 0.4) is 0 Å². The molecule has 0 unspecified atom stereocenters. The van der Waals surface area contributed by atoms with Crippen molar-refractivity contribution in [2.75, 3.05) is 26.2 Å². The van der Waals surface area contributed by atoms with Crippen LogP contribution in [0.1, 0.15) is 12.8 Å². The van der Waals surface area contributed by atoms with Gasteiger partial charge in [0, 0.05) is 25.6 Å². The number of carbonyl (C=O) groups is 2. The van der Waals surface area contributed by atoms with E-state index in [1.807, 2.05) is 0 Å². The Morgan fingerprint density at radius 1 is 1.47 bits per heavy atom. The molecule has 1 rings (SSSR count). The van der Waals surface area contributed by atoms with E-state index in [1.165, 1.54) is 0 Å². The van der Waals surface area contributed by atoms with Crippen molar-refractivity contribution in [2.45, 2.75) is 12.8 Å². The lowest BCUT2D eigenvalue weighted by Gasteiger charge is -2.38. The summed E-state index contributed by atoms with van der Waals surface area (Å²) in [5.41, 5.74) is 5.28. The van der Waals surface area contributed by atoms with Crippen LogP contribution >= 0.6 is 0 Å². The first-order chi connectivity index (χ1) is 7.13. The fraction of sp³-hybridized carbons (Fsp3) is 0.778. The summed E-state index contributed by atoms with van der Waals surface area (Å²) in [5, 5.41) is 11.2. The van der Waals surface area contributed by atoms with Crippen LogP contribution in [0.5, 0.6) is 0 Å². The minimum atomic E-state index is -0.803. The molecule has 1 aliphatic rings. The summed E-state index contributed by atoms with van der Waals surface area (Å²) >= 11 is 0. The van der Waals surface area contributed by atoms with E-state index in [4.69, 9.17) is 10.8 Å². The van der Waals surface area contributed by atoms with Gasteiger partial charge in [0.25, 0.3) is 0 Å². The van der Waals surface area contributed by atoms with E-state index in [-0.39, 0.29) is 18.4 Å². The summed E-state index contributed by atoms with van der Waals surface area (Å²) < 4.78 is 0. The molecule has 1 saturated heterocycles. The highest BCUT2D eigenvalue weighted by Gasteiger charge is 2.31. The van der Waals surface area contributed by atoms with Gasteiger partial charge in [-0.2, -0.15) is 0 Å². The first-order valence-electron chi connectivity index (χ1n) is 5.08. The van der Waals surface area contributed by atoms with Crippen LogP contribution in [0.25, 0.3) is 0 Å². The molecule has 6 heteroatoms. The van der Waals surface area contributed by atoms with E-state index in [9.17, 15) is 9.59 Å². The molecule has 4 N–H and O–H groups in total. The van der Waals surface area contributed by atoms with Crippen LogP contribution in [-0.4, -0.2) is 48.2 Å². The topological polar surface area (TPSA) is 95.7 Å². The Labute approximate surface area is 88.4 Å². The number of hydrogen-bond acceptors (Lipinski definition) is 3. The highest BCUT2D eigenvalue weighted by molar-refractivity contribution is 5.75. The van der Waals surface area contributed by atoms with E-state index in [1.54, 1.807) is 4.90 Å². The third-order valence-corrected chi connectivity index (χ3v) is 2.36. The number of rotatable bonds is 5. The van der Waals surface area contributed by atoms with Gasteiger partial charge in [-0.05, 0) is 13.0 Å². The maximum atomic E-state index is 11.4. The van der Waals surface area contributed by atoms with Crippen molar-refractivity contribution >= 4 is 12.0 Å². The Morgan fingerprint density at radius 3 is 2.67 bits per heavy atom. The first-order valence-corrected chi connectivity index (χ1v) is 5.08. The molecule has 0 spiro atoms. The molecule has 1 fully saturated rings. The van der Waals surface area contributed by atoms with Gasteiger partial charge in [-0.3, -0.25) is 4.79 Å². The predicted molar refractivity (Wildman–Crippen MR) is 54.4 cm³/mol. The summed E-state index contributed by atoms with van der Waals surface area (Å²) in [6.45, 7) is 2.22. The number of carboxylic acids is 1. The predicted octanol–water partition coefficient (Wildman–Crippen LogP) is -0.549. The molecule has 2 amide bonds.